The molecule has 0 radical (unpaired) electrons. The van der Waals surface area contributed by atoms with Gasteiger partial charge in [-0.15, -0.1) is 0 Å². The SMILES string of the molecule is NC(N)=NCCC[C@H](NC(=O)[C@H](CCCN=C(N)N)NC(=O)[C@H](COP(=O)(O)O)NC(=O)[C@H](CCCN=C(N)N)NC(=O)[C@H](COP(=O)(O)O)NC(=O)[C@H](CCCN=C(N)N)NC(=O)[C@H](COP(=O)(O)O)NC(=O)[C@H](CCCN=C(N)N)NC(=O)[C@H](COP(=O)(O)O)NC(=O)[C@H](CCCN=C(N)N)NC(=O)[C@@H](N)COP(=O)(O)O)C(=O)O. The van der Waals surface area contributed by atoms with Crippen molar-refractivity contribution in [2.45, 2.75) is 144 Å². The van der Waals surface area contributed by atoms with Crippen LogP contribution in [0.15, 0.2) is 30.0 Å². The summed E-state index contributed by atoms with van der Waals surface area (Å²) in [6.07, 6.45) is -4.64. The Hall–Kier alpha value is -9.70. The number of phosphoric acid groups is 5. The first-order valence-corrected chi connectivity index (χ1v) is 41.5. The van der Waals surface area contributed by atoms with Gasteiger partial charge in [0.25, 0.3) is 0 Å². The summed E-state index contributed by atoms with van der Waals surface area (Å²) in [5.74, 6) is -19.5. The number of hydrogen-bond acceptors (Lipinski definition) is 28. The minimum absolute atomic E-state index is 0.0214. The van der Waals surface area contributed by atoms with Gasteiger partial charge in [-0.1, -0.05) is 0 Å². The molecule has 0 bridgehead atoms. The van der Waals surface area contributed by atoms with Crippen molar-refractivity contribution in [1.82, 2.24) is 53.2 Å². The molecule has 0 aromatic rings. The third kappa shape index (κ3) is 54.0. The van der Waals surface area contributed by atoms with Crippen LogP contribution in [0.5, 0.6) is 0 Å². The highest BCUT2D eigenvalue weighted by atomic mass is 31.2. The number of amides is 10. The number of nitrogens with zero attached hydrogens (tertiary/aromatic N) is 6. The number of aliphatic imine (C=N–C) groups is 6. The van der Waals surface area contributed by atoms with E-state index in [0.29, 0.717) is 0 Å². The van der Waals surface area contributed by atoms with Crippen LogP contribution in [0.4, 0.5) is 0 Å². The average molecular weight is 1790 g/mol. The number of carbonyl (C=O) groups excluding carboxylic acids is 10. The molecule has 0 rings (SSSR count). The maximum atomic E-state index is 14.6. The number of nitrogens with two attached hydrogens (primary N) is 13. The minimum Gasteiger partial charge on any atom is -0.480 e. The lowest BCUT2D eigenvalue weighted by Crippen LogP contribution is -2.62. The van der Waals surface area contributed by atoms with E-state index in [1.54, 1.807) is 0 Å². The quantitative estimate of drug-likeness (QED) is 0.0116. The van der Waals surface area contributed by atoms with Gasteiger partial charge in [0.05, 0.1) is 33.0 Å². The Morgan fingerprint density at radius 1 is 0.248 bits per heavy atom. The fourth-order valence-electron chi connectivity index (χ4n) is 9.02. The van der Waals surface area contributed by atoms with Crippen LogP contribution < -0.4 is 128 Å². The summed E-state index contributed by atoms with van der Waals surface area (Å²) < 4.78 is 82.2. The van der Waals surface area contributed by atoms with Crippen LogP contribution in [-0.4, -0.2) is 294 Å². The van der Waals surface area contributed by atoms with E-state index in [0.717, 1.165) is 0 Å². The first kappa shape index (κ1) is 107. The van der Waals surface area contributed by atoms with Crippen molar-refractivity contribution in [3.8, 4) is 0 Å². The van der Waals surface area contributed by atoms with E-state index in [4.69, 9.17) is 84.3 Å². The van der Waals surface area contributed by atoms with Gasteiger partial charge in [-0.3, -0.25) is 101 Å². The molecule has 47 N–H and O–H groups in total. The Labute approximate surface area is 663 Å². The van der Waals surface area contributed by atoms with Gasteiger partial charge in [0.2, 0.25) is 59.1 Å². The van der Waals surface area contributed by atoms with Crippen LogP contribution in [0.25, 0.3) is 0 Å². The van der Waals surface area contributed by atoms with Crippen molar-refractivity contribution in [3.63, 3.8) is 0 Å². The van der Waals surface area contributed by atoms with Crippen LogP contribution in [0.2, 0.25) is 0 Å². The van der Waals surface area contributed by atoms with Crippen molar-refractivity contribution in [3.05, 3.63) is 0 Å². The number of phosphoric ester groups is 5. The second kappa shape index (κ2) is 53.6. The molecule has 0 aliphatic heterocycles. The van der Waals surface area contributed by atoms with Gasteiger partial charge in [0, 0.05) is 39.3 Å². The van der Waals surface area contributed by atoms with E-state index in [1.807, 2.05) is 21.3 Å². The fourth-order valence-corrected chi connectivity index (χ4v) is 10.8. The van der Waals surface area contributed by atoms with Crippen LogP contribution in [0.3, 0.4) is 0 Å². The van der Waals surface area contributed by atoms with E-state index in [2.05, 4.69) is 84.5 Å². The molecule has 11 atom stereocenters. The lowest BCUT2D eigenvalue weighted by Gasteiger charge is -2.28. The van der Waals surface area contributed by atoms with Gasteiger partial charge in [0.1, 0.15) is 66.5 Å². The van der Waals surface area contributed by atoms with E-state index < -0.39 is 272 Å². The van der Waals surface area contributed by atoms with Crippen LogP contribution in [-0.2, 0) is 98.2 Å². The highest BCUT2D eigenvalue weighted by Gasteiger charge is 2.39. The van der Waals surface area contributed by atoms with E-state index in [9.17, 15) is 120 Å². The van der Waals surface area contributed by atoms with E-state index >= 15 is 0 Å². The molecule has 0 aliphatic carbocycles. The van der Waals surface area contributed by atoms with E-state index in [-0.39, 0.29) is 83.6 Å². The van der Waals surface area contributed by atoms with E-state index in [1.165, 1.54) is 0 Å². The van der Waals surface area contributed by atoms with Crippen molar-refractivity contribution >= 4 is 140 Å². The zero-order chi connectivity index (χ0) is 89.8. The Morgan fingerprint density at radius 2 is 0.393 bits per heavy atom. The summed E-state index contributed by atoms with van der Waals surface area (Å²) in [4.78, 5) is 273. The molecule has 0 fully saturated rings. The summed E-state index contributed by atoms with van der Waals surface area (Å²) in [5, 5.41) is 30.8. The first-order chi connectivity index (χ1) is 54.0. The van der Waals surface area contributed by atoms with Crippen LogP contribution >= 0.6 is 39.1 Å². The molecule has 117 heavy (non-hydrogen) atoms. The van der Waals surface area contributed by atoms with Crippen molar-refractivity contribution in [2.75, 3.05) is 72.3 Å². The standard InChI is InChI=1S/C51H104N29O32P5/c52-24(19-108-113(93,94)95)35(81)71-25(7-1-13-65-46(53)54)37(83)77-31(20-109-114(96,97)98)42(88)73-27(9-3-15-67-48(57)58)39(85)79-33(22-111-116(102,103)104)44(90)75-29(11-5-17-69-50(61)62)40(86)80-34(23-112-117(105,106)107)43(89)74-28(10-4-16-68-49(59)60)38(84)78-32(21-110-115(99,100)101)41(87)72-26(8-2-14-66-47(55)56)36(82)76-30(45(91)92)12-6-18-70-51(63)64/h24-34H,1-23,52H2,(H,71,81)(H,72,87)(H,73,88)(H,74,89)(H,75,90)(H,76,82)(H,77,83)(H,78,84)(H,79,85)(H,80,86)(H,91,92)(H4,53,54,65)(H4,55,56,66)(H4,57,58,67)(H4,59,60,68)(H4,61,62,69)(H4,63,64,70)(H2,93,94,95)(H2,96,97,98)(H2,99,100,101)(H2,102,103,104)(H2,105,106,107)/t24-,25-,26-,27-,28-,29-,30-,31-,32-,33-,34-/m0/s1. The molecule has 0 aromatic carbocycles. The van der Waals surface area contributed by atoms with Gasteiger partial charge >= 0.3 is 45.1 Å². The maximum Gasteiger partial charge on any atom is 0.469 e. The zero-order valence-electron chi connectivity index (χ0n) is 62.0. The number of rotatable bonds is 60. The van der Waals surface area contributed by atoms with Crippen molar-refractivity contribution in [2.24, 2.45) is 104 Å². The lowest BCUT2D eigenvalue weighted by molar-refractivity contribution is -0.142. The summed E-state index contributed by atoms with van der Waals surface area (Å²) >= 11 is 0. The third-order valence-electron chi connectivity index (χ3n) is 14.4. The highest BCUT2D eigenvalue weighted by molar-refractivity contribution is 7.47. The molecule has 61 nitrogen and oxygen atoms in total. The molecule has 0 heterocycles. The summed E-state index contributed by atoms with van der Waals surface area (Å²) in [6.45, 7) is -8.99. The second-order valence-corrected chi connectivity index (χ2v) is 30.4. The molecule has 0 unspecified atom stereocenters. The smallest absolute Gasteiger partial charge is 0.469 e. The Morgan fingerprint density at radius 3 is 0.564 bits per heavy atom. The Kier molecular flexibility index (Phi) is 49.1. The number of nitrogens with one attached hydrogen (secondary N) is 10. The highest BCUT2D eigenvalue weighted by Crippen LogP contribution is 2.38. The molecule has 0 saturated carbocycles. The van der Waals surface area contributed by atoms with Gasteiger partial charge in [-0.05, 0) is 77.0 Å². The minimum atomic E-state index is -5.74. The number of aliphatic carboxylic acids is 1. The molecule has 0 aliphatic rings. The summed E-state index contributed by atoms with van der Waals surface area (Å²) in [5.41, 5.74) is 70.5. The number of carbonyl (C=O) groups is 11. The largest absolute Gasteiger partial charge is 0.480 e. The normalized spacial score (nSPS) is 14.5. The molecule has 66 heteroatoms. The topological polar surface area (TPSA) is 1070 Å². The van der Waals surface area contributed by atoms with Crippen molar-refractivity contribution in [1.29, 1.82) is 0 Å². The summed E-state index contributed by atoms with van der Waals surface area (Å²) in [7, 11) is -27.9. The monoisotopic (exact) mass is 1790 g/mol. The molecule has 0 saturated heterocycles. The molecular formula is C51H104N29O32P5. The third-order valence-corrected chi connectivity index (χ3v) is 16.8. The Balaban J connectivity index is 8.09. The Bertz CT molecular complexity index is 3740. The maximum absolute atomic E-state index is 14.6. The van der Waals surface area contributed by atoms with Gasteiger partial charge in [-0.2, -0.15) is 0 Å². The number of guanidine groups is 6. The number of hydrogen-bond donors (Lipinski definition) is 34. The number of carboxylic acid groups (broad SMARTS) is 1. The fraction of sp³-hybridized carbons (Fsp3) is 0.667. The zero-order valence-corrected chi connectivity index (χ0v) is 66.5. The second-order valence-electron chi connectivity index (χ2n) is 24.2. The van der Waals surface area contributed by atoms with Crippen LogP contribution in [0.1, 0.15) is 77.0 Å². The lowest BCUT2D eigenvalue weighted by atomic mass is 10.1. The molecule has 10 amide bonds. The van der Waals surface area contributed by atoms with Gasteiger partial charge < -0.3 is 182 Å². The molecular weight excluding hydrogens is 1690 g/mol. The van der Waals surface area contributed by atoms with Crippen LogP contribution in [0, 0.1) is 0 Å². The number of carboxylic acids is 1. The summed E-state index contributed by atoms with van der Waals surface area (Å²) in [6, 6.07) is -23.3. The predicted octanol–water partition coefficient (Wildman–Crippen LogP) is -15.9. The molecule has 670 valence electrons. The average Bonchev–Trinajstić information content (AvgIpc) is 0.853. The van der Waals surface area contributed by atoms with Gasteiger partial charge in [-0.25, -0.2) is 27.6 Å². The first-order valence-electron chi connectivity index (χ1n) is 33.8. The predicted molar refractivity (Wildman–Crippen MR) is 404 cm³/mol. The molecule has 0 aromatic heterocycles. The molecule has 0 spiro atoms. The van der Waals surface area contributed by atoms with Crippen molar-refractivity contribution < 1.29 is 152 Å². The van der Waals surface area contributed by atoms with Gasteiger partial charge in [0.15, 0.2) is 35.8 Å².